The van der Waals surface area contributed by atoms with Gasteiger partial charge in [-0.2, -0.15) is 0 Å². The van der Waals surface area contributed by atoms with E-state index in [1.165, 1.54) is 11.8 Å². The molecule has 1 aromatic carbocycles. The minimum Gasteiger partial charge on any atom is -0.440 e. The summed E-state index contributed by atoms with van der Waals surface area (Å²) >= 11 is 1.48. The highest BCUT2D eigenvalue weighted by Gasteiger charge is 2.09. The molecule has 5 nitrogen and oxygen atoms in total. The maximum absolute atomic E-state index is 11.4. The molecular formula is C12H15N3O2S. The Balaban J connectivity index is 2.00. The van der Waals surface area contributed by atoms with Crippen molar-refractivity contribution in [1.29, 1.82) is 0 Å². The lowest BCUT2D eigenvalue weighted by atomic mass is 10.3. The summed E-state index contributed by atoms with van der Waals surface area (Å²) in [7, 11) is 3.48. The lowest BCUT2D eigenvalue weighted by molar-refractivity contribution is -0.125. The number of anilines is 1. The molecular weight excluding hydrogens is 250 g/mol. The van der Waals surface area contributed by atoms with Crippen LogP contribution in [0.3, 0.4) is 0 Å². The van der Waals surface area contributed by atoms with E-state index < -0.39 is 0 Å². The Morgan fingerprint density at radius 2 is 2.28 bits per heavy atom. The number of hydrogen-bond acceptors (Lipinski definition) is 5. The maximum atomic E-state index is 11.4. The highest BCUT2D eigenvalue weighted by Crippen LogP contribution is 2.23. The third-order valence-corrected chi connectivity index (χ3v) is 3.35. The standard InChI is InChI=1S/C12H15N3O2S/c1-15(2)11(16)7-18-6-10-14-12-8(13)4-3-5-9(12)17-10/h3-5H,6-7,13H2,1-2H3. The Kier molecular flexibility index (Phi) is 3.76. The number of aromatic nitrogens is 1. The predicted molar refractivity (Wildman–Crippen MR) is 73.3 cm³/mol. The number of amides is 1. The summed E-state index contributed by atoms with van der Waals surface area (Å²) in [4.78, 5) is 17.3. The summed E-state index contributed by atoms with van der Waals surface area (Å²) in [6.07, 6.45) is 0. The van der Waals surface area contributed by atoms with Crippen LogP contribution in [0.5, 0.6) is 0 Å². The normalized spacial score (nSPS) is 10.8. The molecule has 0 bridgehead atoms. The first-order valence-corrected chi connectivity index (χ1v) is 6.65. The van der Waals surface area contributed by atoms with E-state index in [-0.39, 0.29) is 5.91 Å². The number of nitrogens with zero attached hydrogens (tertiary/aromatic N) is 2. The molecule has 2 rings (SSSR count). The van der Waals surface area contributed by atoms with Gasteiger partial charge in [0.1, 0.15) is 5.52 Å². The van der Waals surface area contributed by atoms with Gasteiger partial charge in [0.05, 0.1) is 17.2 Å². The molecule has 0 spiro atoms. The number of carbonyl (C=O) groups is 1. The summed E-state index contributed by atoms with van der Waals surface area (Å²) in [5.41, 5.74) is 7.78. The molecule has 0 unspecified atom stereocenters. The summed E-state index contributed by atoms with van der Waals surface area (Å²) in [6, 6.07) is 5.45. The fourth-order valence-electron chi connectivity index (χ4n) is 1.43. The van der Waals surface area contributed by atoms with Crippen molar-refractivity contribution in [2.24, 2.45) is 0 Å². The Bertz CT molecular complexity index is 565. The number of hydrogen-bond donors (Lipinski definition) is 1. The van der Waals surface area contributed by atoms with Gasteiger partial charge in [0.15, 0.2) is 5.58 Å². The van der Waals surface area contributed by atoms with Crippen molar-refractivity contribution in [3.05, 3.63) is 24.1 Å². The Labute approximate surface area is 109 Å². The van der Waals surface area contributed by atoms with Crippen LogP contribution in [0.15, 0.2) is 22.6 Å². The number of benzene rings is 1. The van der Waals surface area contributed by atoms with E-state index in [2.05, 4.69) is 4.98 Å². The number of fused-ring (bicyclic) bond motifs is 1. The van der Waals surface area contributed by atoms with Crippen LogP contribution in [0.2, 0.25) is 0 Å². The molecule has 6 heteroatoms. The molecule has 96 valence electrons. The second-order valence-electron chi connectivity index (χ2n) is 4.08. The predicted octanol–water partition coefficient (Wildman–Crippen LogP) is 1.73. The largest absolute Gasteiger partial charge is 0.440 e. The van der Waals surface area contributed by atoms with Crippen LogP contribution in [-0.2, 0) is 10.5 Å². The van der Waals surface area contributed by atoms with Gasteiger partial charge in [-0.05, 0) is 12.1 Å². The van der Waals surface area contributed by atoms with Crippen LogP contribution < -0.4 is 5.73 Å². The smallest absolute Gasteiger partial charge is 0.232 e. The fraction of sp³-hybridized carbons (Fsp3) is 0.333. The first-order chi connectivity index (χ1) is 8.58. The van der Waals surface area contributed by atoms with Crippen molar-refractivity contribution >= 4 is 34.5 Å². The zero-order chi connectivity index (χ0) is 13.1. The third kappa shape index (κ3) is 2.76. The van der Waals surface area contributed by atoms with Gasteiger partial charge in [0.2, 0.25) is 11.8 Å². The molecule has 2 N–H and O–H groups in total. The number of oxazole rings is 1. The van der Waals surface area contributed by atoms with E-state index in [0.29, 0.717) is 34.2 Å². The van der Waals surface area contributed by atoms with Gasteiger partial charge in [-0.3, -0.25) is 4.79 Å². The molecule has 0 aliphatic heterocycles. The molecule has 0 fully saturated rings. The Morgan fingerprint density at radius 3 is 2.94 bits per heavy atom. The Hall–Kier alpha value is -1.69. The van der Waals surface area contributed by atoms with Crippen LogP contribution in [0, 0.1) is 0 Å². The number of nitrogen functional groups attached to an aromatic ring is 1. The van der Waals surface area contributed by atoms with Gasteiger partial charge in [-0.25, -0.2) is 4.98 Å². The lowest BCUT2D eigenvalue weighted by Crippen LogP contribution is -2.23. The lowest BCUT2D eigenvalue weighted by Gasteiger charge is -2.08. The summed E-state index contributed by atoms with van der Waals surface area (Å²) in [6.45, 7) is 0. The van der Waals surface area contributed by atoms with Crippen molar-refractivity contribution in [1.82, 2.24) is 9.88 Å². The van der Waals surface area contributed by atoms with Crippen molar-refractivity contribution in [2.45, 2.75) is 5.75 Å². The molecule has 0 radical (unpaired) electrons. The topological polar surface area (TPSA) is 72.4 Å². The van der Waals surface area contributed by atoms with Crippen LogP contribution in [0.25, 0.3) is 11.1 Å². The van der Waals surface area contributed by atoms with Crippen molar-refractivity contribution in [3.63, 3.8) is 0 Å². The van der Waals surface area contributed by atoms with E-state index in [0.717, 1.165) is 0 Å². The minimum absolute atomic E-state index is 0.0793. The van der Waals surface area contributed by atoms with E-state index in [1.807, 2.05) is 12.1 Å². The quantitative estimate of drug-likeness (QED) is 0.852. The van der Waals surface area contributed by atoms with Crippen LogP contribution in [0.1, 0.15) is 5.89 Å². The number of carbonyl (C=O) groups excluding carboxylic acids is 1. The highest BCUT2D eigenvalue weighted by molar-refractivity contribution is 7.99. The van der Waals surface area contributed by atoms with E-state index >= 15 is 0 Å². The van der Waals surface area contributed by atoms with Crippen LogP contribution >= 0.6 is 11.8 Å². The molecule has 1 aromatic heterocycles. The van der Waals surface area contributed by atoms with E-state index in [1.54, 1.807) is 25.1 Å². The van der Waals surface area contributed by atoms with Gasteiger partial charge in [-0.15, -0.1) is 11.8 Å². The van der Waals surface area contributed by atoms with Gasteiger partial charge in [-0.1, -0.05) is 6.07 Å². The molecule has 0 aliphatic carbocycles. The highest BCUT2D eigenvalue weighted by atomic mass is 32.2. The molecule has 1 heterocycles. The van der Waals surface area contributed by atoms with Gasteiger partial charge < -0.3 is 15.1 Å². The van der Waals surface area contributed by atoms with Crippen LogP contribution in [0.4, 0.5) is 5.69 Å². The van der Waals surface area contributed by atoms with E-state index in [9.17, 15) is 4.79 Å². The first kappa shape index (κ1) is 12.8. The second kappa shape index (κ2) is 5.30. The summed E-state index contributed by atoms with van der Waals surface area (Å²) < 4.78 is 5.55. The number of rotatable bonds is 4. The fourth-order valence-corrected chi connectivity index (χ4v) is 2.27. The molecule has 0 saturated carbocycles. The first-order valence-electron chi connectivity index (χ1n) is 5.49. The molecule has 2 aromatic rings. The molecule has 0 saturated heterocycles. The van der Waals surface area contributed by atoms with Gasteiger partial charge >= 0.3 is 0 Å². The van der Waals surface area contributed by atoms with Gasteiger partial charge in [0.25, 0.3) is 0 Å². The van der Waals surface area contributed by atoms with Crippen molar-refractivity contribution in [3.8, 4) is 0 Å². The number of thioether (sulfide) groups is 1. The zero-order valence-electron chi connectivity index (χ0n) is 10.3. The summed E-state index contributed by atoms with van der Waals surface area (Å²) in [5, 5.41) is 0. The summed E-state index contributed by atoms with van der Waals surface area (Å²) in [5.74, 6) is 1.66. The average Bonchev–Trinajstić information content (AvgIpc) is 2.73. The molecule has 0 atom stereocenters. The van der Waals surface area contributed by atoms with E-state index in [4.69, 9.17) is 10.2 Å². The molecule has 18 heavy (non-hydrogen) atoms. The zero-order valence-corrected chi connectivity index (χ0v) is 11.2. The molecule has 1 amide bonds. The van der Waals surface area contributed by atoms with Crippen molar-refractivity contribution < 1.29 is 9.21 Å². The maximum Gasteiger partial charge on any atom is 0.232 e. The number of para-hydroxylation sites is 1. The average molecular weight is 265 g/mol. The molecule has 0 aliphatic rings. The SMILES string of the molecule is CN(C)C(=O)CSCc1nc2c(N)cccc2o1. The van der Waals surface area contributed by atoms with Gasteiger partial charge in [0, 0.05) is 14.1 Å². The second-order valence-corrected chi connectivity index (χ2v) is 5.07. The number of nitrogens with two attached hydrogens (primary N) is 1. The van der Waals surface area contributed by atoms with Crippen LogP contribution in [-0.4, -0.2) is 35.6 Å². The van der Waals surface area contributed by atoms with Crippen molar-refractivity contribution in [2.75, 3.05) is 25.6 Å². The minimum atomic E-state index is 0.0793. The monoisotopic (exact) mass is 265 g/mol. The third-order valence-electron chi connectivity index (χ3n) is 2.44. The Morgan fingerprint density at radius 1 is 1.50 bits per heavy atom.